The number of H-pyrrole nitrogens is 1. The van der Waals surface area contributed by atoms with Crippen LogP contribution >= 0.6 is 0 Å². The molecule has 2 heterocycles. The first-order valence-corrected chi connectivity index (χ1v) is 7.94. The van der Waals surface area contributed by atoms with Gasteiger partial charge in [-0.3, -0.25) is 5.10 Å². The average Bonchev–Trinajstić information content (AvgIpc) is 3.29. The summed E-state index contributed by atoms with van der Waals surface area (Å²) in [5, 5.41) is 8.43. The van der Waals surface area contributed by atoms with Crippen LogP contribution in [-0.4, -0.2) is 23.3 Å². The van der Waals surface area contributed by atoms with Crippen molar-refractivity contribution in [2.24, 2.45) is 0 Å². The molecule has 0 amide bonds. The molecule has 0 bridgehead atoms. The van der Waals surface area contributed by atoms with Gasteiger partial charge in [0.15, 0.2) is 5.76 Å². The quantitative estimate of drug-likeness (QED) is 0.569. The van der Waals surface area contributed by atoms with Crippen molar-refractivity contribution < 1.29 is 13.9 Å². The summed E-state index contributed by atoms with van der Waals surface area (Å²) >= 11 is 0. The van der Waals surface area contributed by atoms with Gasteiger partial charge in [-0.15, -0.1) is 0 Å². The fourth-order valence-corrected chi connectivity index (χ4v) is 2.96. The minimum Gasteiger partial charge on any atom is -0.463 e. The number of hydrogen-bond acceptors (Lipinski definition) is 4. The zero-order valence-electron chi connectivity index (χ0n) is 13.7. The monoisotopic (exact) mass is 332 g/mol. The van der Waals surface area contributed by atoms with Crippen molar-refractivity contribution in [2.45, 2.75) is 6.42 Å². The number of carbonyl (C=O) groups is 1. The molecule has 0 unspecified atom stereocenters. The van der Waals surface area contributed by atoms with Crippen LogP contribution in [0.1, 0.15) is 21.7 Å². The topological polar surface area (TPSA) is 68.1 Å². The molecule has 2 aromatic carbocycles. The Bertz CT molecular complexity index is 1030. The molecular weight excluding hydrogens is 316 g/mol. The Labute approximate surface area is 144 Å². The second-order valence-corrected chi connectivity index (χ2v) is 5.73. The third kappa shape index (κ3) is 2.80. The Morgan fingerprint density at radius 1 is 1.08 bits per heavy atom. The molecule has 5 nitrogen and oxygen atoms in total. The lowest BCUT2D eigenvalue weighted by atomic mass is 9.99. The van der Waals surface area contributed by atoms with Crippen molar-refractivity contribution in [3.05, 3.63) is 77.6 Å². The van der Waals surface area contributed by atoms with Crippen LogP contribution in [0.25, 0.3) is 22.4 Å². The molecule has 0 saturated carbocycles. The van der Waals surface area contributed by atoms with Crippen LogP contribution in [-0.2, 0) is 11.2 Å². The van der Waals surface area contributed by atoms with E-state index in [4.69, 9.17) is 9.15 Å². The summed E-state index contributed by atoms with van der Waals surface area (Å²) in [5.41, 5.74) is 3.98. The lowest BCUT2D eigenvalue weighted by Gasteiger charge is -2.05. The molecule has 4 rings (SSSR count). The predicted molar refractivity (Wildman–Crippen MR) is 94.4 cm³/mol. The SMILES string of the molecule is COC(=O)c1ccc(-c2n[nH]c3cccc(Cc4ccccc4)c23)o1. The minimum atomic E-state index is -0.504. The highest BCUT2D eigenvalue weighted by molar-refractivity contribution is 5.95. The molecule has 0 fully saturated rings. The number of nitrogens with one attached hydrogen (secondary N) is 1. The number of benzene rings is 2. The lowest BCUT2D eigenvalue weighted by molar-refractivity contribution is 0.0566. The molecule has 25 heavy (non-hydrogen) atoms. The Morgan fingerprint density at radius 2 is 1.92 bits per heavy atom. The van der Waals surface area contributed by atoms with Gasteiger partial charge in [0, 0.05) is 5.39 Å². The van der Waals surface area contributed by atoms with Gasteiger partial charge < -0.3 is 9.15 Å². The average molecular weight is 332 g/mol. The third-order valence-electron chi connectivity index (χ3n) is 4.14. The number of ether oxygens (including phenoxy) is 1. The zero-order valence-corrected chi connectivity index (χ0v) is 13.7. The molecule has 124 valence electrons. The van der Waals surface area contributed by atoms with E-state index < -0.39 is 5.97 Å². The Morgan fingerprint density at radius 3 is 2.72 bits per heavy atom. The standard InChI is InChI=1S/C20H16N2O3/c1-24-20(23)17-11-10-16(25-17)19-18-14(8-5-9-15(18)21-22-19)12-13-6-3-2-4-7-13/h2-11H,12H2,1H3,(H,21,22). The molecule has 0 radical (unpaired) electrons. The van der Waals surface area contributed by atoms with Gasteiger partial charge in [-0.25, -0.2) is 4.79 Å². The number of esters is 1. The van der Waals surface area contributed by atoms with Crippen molar-refractivity contribution in [3.63, 3.8) is 0 Å². The number of aromatic nitrogens is 2. The zero-order chi connectivity index (χ0) is 17.2. The molecule has 0 saturated heterocycles. The summed E-state index contributed by atoms with van der Waals surface area (Å²) < 4.78 is 10.3. The van der Waals surface area contributed by atoms with E-state index in [1.54, 1.807) is 12.1 Å². The normalized spacial score (nSPS) is 10.9. The summed E-state index contributed by atoms with van der Waals surface area (Å²) in [4.78, 5) is 11.6. The number of hydrogen-bond donors (Lipinski definition) is 1. The van der Waals surface area contributed by atoms with Gasteiger partial charge in [0.2, 0.25) is 5.76 Å². The Kier molecular flexibility index (Phi) is 3.82. The van der Waals surface area contributed by atoms with Crippen molar-refractivity contribution >= 4 is 16.9 Å². The maximum Gasteiger partial charge on any atom is 0.373 e. The predicted octanol–water partition coefficient (Wildman–Crippen LogP) is 4.20. The first kappa shape index (κ1) is 15.2. The van der Waals surface area contributed by atoms with E-state index in [1.807, 2.05) is 30.3 Å². The van der Waals surface area contributed by atoms with Crippen LogP contribution in [0.15, 0.2) is 65.1 Å². The van der Waals surface area contributed by atoms with Crippen LogP contribution in [0.5, 0.6) is 0 Å². The maximum absolute atomic E-state index is 11.6. The van der Waals surface area contributed by atoms with Crippen molar-refractivity contribution in [2.75, 3.05) is 7.11 Å². The van der Waals surface area contributed by atoms with Crippen LogP contribution in [0.3, 0.4) is 0 Å². The molecule has 0 aliphatic heterocycles. The van der Waals surface area contributed by atoms with Crippen LogP contribution in [0.2, 0.25) is 0 Å². The largest absolute Gasteiger partial charge is 0.463 e. The second-order valence-electron chi connectivity index (χ2n) is 5.73. The first-order chi connectivity index (χ1) is 12.3. The molecule has 0 aliphatic rings. The smallest absolute Gasteiger partial charge is 0.373 e. The van der Waals surface area contributed by atoms with Gasteiger partial charge in [0.1, 0.15) is 5.69 Å². The van der Waals surface area contributed by atoms with Gasteiger partial charge in [-0.2, -0.15) is 5.10 Å². The maximum atomic E-state index is 11.6. The number of carbonyl (C=O) groups excluding carboxylic acids is 1. The number of methoxy groups -OCH3 is 1. The molecule has 5 heteroatoms. The lowest BCUT2D eigenvalue weighted by Crippen LogP contribution is -1.98. The van der Waals surface area contributed by atoms with Crippen molar-refractivity contribution in [1.82, 2.24) is 10.2 Å². The van der Waals surface area contributed by atoms with Crippen molar-refractivity contribution in [3.8, 4) is 11.5 Å². The third-order valence-corrected chi connectivity index (χ3v) is 4.14. The molecule has 0 atom stereocenters. The highest BCUT2D eigenvalue weighted by atomic mass is 16.5. The summed E-state index contributed by atoms with van der Waals surface area (Å²) in [5.74, 6) is 0.192. The van der Waals surface area contributed by atoms with E-state index in [9.17, 15) is 4.79 Å². The molecule has 4 aromatic rings. The summed E-state index contributed by atoms with van der Waals surface area (Å²) in [7, 11) is 1.33. The van der Waals surface area contributed by atoms with E-state index in [0.717, 1.165) is 22.9 Å². The molecule has 0 aliphatic carbocycles. The first-order valence-electron chi connectivity index (χ1n) is 7.94. The number of aromatic amines is 1. The second kappa shape index (κ2) is 6.28. The van der Waals surface area contributed by atoms with Crippen LogP contribution in [0.4, 0.5) is 0 Å². The molecule has 0 spiro atoms. The summed E-state index contributed by atoms with van der Waals surface area (Å²) in [6, 6.07) is 19.7. The van der Waals surface area contributed by atoms with Crippen LogP contribution in [0, 0.1) is 0 Å². The van der Waals surface area contributed by atoms with Crippen LogP contribution < -0.4 is 0 Å². The number of furan rings is 1. The number of fused-ring (bicyclic) bond motifs is 1. The Hall–Kier alpha value is -3.34. The van der Waals surface area contributed by atoms with E-state index >= 15 is 0 Å². The molecule has 1 N–H and O–H groups in total. The Balaban J connectivity index is 1.80. The highest BCUT2D eigenvalue weighted by Gasteiger charge is 2.18. The fraction of sp³-hybridized carbons (Fsp3) is 0.100. The van der Waals surface area contributed by atoms with Gasteiger partial charge in [0.25, 0.3) is 0 Å². The number of rotatable bonds is 4. The summed E-state index contributed by atoms with van der Waals surface area (Å²) in [6.45, 7) is 0. The highest BCUT2D eigenvalue weighted by Crippen LogP contribution is 2.31. The fourth-order valence-electron chi connectivity index (χ4n) is 2.96. The van der Waals surface area contributed by atoms with E-state index in [1.165, 1.54) is 12.7 Å². The summed E-state index contributed by atoms with van der Waals surface area (Å²) in [6.07, 6.45) is 0.787. The molecular formula is C20H16N2O3. The van der Waals surface area contributed by atoms with Gasteiger partial charge in [0.05, 0.1) is 12.6 Å². The minimum absolute atomic E-state index is 0.161. The van der Waals surface area contributed by atoms with E-state index in [-0.39, 0.29) is 5.76 Å². The number of nitrogens with zero attached hydrogens (tertiary/aromatic N) is 1. The van der Waals surface area contributed by atoms with Gasteiger partial charge >= 0.3 is 5.97 Å². The van der Waals surface area contributed by atoms with Gasteiger partial charge in [-0.1, -0.05) is 42.5 Å². The van der Waals surface area contributed by atoms with E-state index in [2.05, 4.69) is 28.4 Å². The molecule has 2 aromatic heterocycles. The van der Waals surface area contributed by atoms with Gasteiger partial charge in [-0.05, 0) is 35.7 Å². The van der Waals surface area contributed by atoms with Crippen molar-refractivity contribution in [1.29, 1.82) is 0 Å². The van der Waals surface area contributed by atoms with E-state index in [0.29, 0.717) is 11.5 Å².